The Bertz CT molecular complexity index is 210. The number of rotatable bonds is 1. The number of alkyl carbamates (subject to hydrolysis) is 1. The van der Waals surface area contributed by atoms with Crippen LogP contribution in [0.1, 0.15) is 40.0 Å². The first-order valence-electron chi connectivity index (χ1n) is 5.04. The second-order valence-corrected chi connectivity index (χ2v) is 4.81. The van der Waals surface area contributed by atoms with Gasteiger partial charge in [0, 0.05) is 6.04 Å². The SMILES string of the molecule is CC(C)(C)OC(=O)NC1CC[C@H](O)C1. The summed E-state index contributed by atoms with van der Waals surface area (Å²) >= 11 is 0. The third-order valence-electron chi connectivity index (χ3n) is 2.13. The standard InChI is InChI=1S/C10H19NO3/c1-10(2,3)14-9(13)11-7-4-5-8(12)6-7/h7-8,12H,4-6H2,1-3H3,(H,11,13)/t7?,8-/m0/s1. The minimum absolute atomic E-state index is 0.0693. The molecule has 1 amide bonds. The van der Waals surface area contributed by atoms with E-state index in [0.717, 1.165) is 12.8 Å². The average Bonchev–Trinajstić information content (AvgIpc) is 2.30. The zero-order chi connectivity index (χ0) is 10.8. The highest BCUT2D eigenvalue weighted by atomic mass is 16.6. The van der Waals surface area contributed by atoms with Crippen LogP contribution in [0.25, 0.3) is 0 Å². The minimum Gasteiger partial charge on any atom is -0.444 e. The van der Waals surface area contributed by atoms with Gasteiger partial charge in [-0.05, 0) is 40.0 Å². The number of aliphatic hydroxyl groups is 1. The van der Waals surface area contributed by atoms with E-state index in [0.29, 0.717) is 6.42 Å². The van der Waals surface area contributed by atoms with E-state index in [1.807, 2.05) is 20.8 Å². The van der Waals surface area contributed by atoms with Crippen LogP contribution in [0, 0.1) is 0 Å². The molecule has 0 aromatic heterocycles. The van der Waals surface area contributed by atoms with E-state index in [1.165, 1.54) is 0 Å². The lowest BCUT2D eigenvalue weighted by atomic mass is 10.2. The van der Waals surface area contributed by atoms with Gasteiger partial charge in [0.25, 0.3) is 0 Å². The Labute approximate surface area is 84.6 Å². The molecule has 1 rings (SSSR count). The average molecular weight is 201 g/mol. The molecule has 14 heavy (non-hydrogen) atoms. The molecule has 1 unspecified atom stereocenters. The largest absolute Gasteiger partial charge is 0.444 e. The fourth-order valence-corrected chi connectivity index (χ4v) is 1.56. The minimum atomic E-state index is -0.457. The Balaban J connectivity index is 2.27. The molecule has 4 heteroatoms. The molecule has 2 N–H and O–H groups in total. The maximum atomic E-state index is 11.3. The molecule has 0 aromatic carbocycles. The summed E-state index contributed by atoms with van der Waals surface area (Å²) in [5.74, 6) is 0. The molecule has 0 bridgehead atoms. The van der Waals surface area contributed by atoms with E-state index < -0.39 is 11.7 Å². The topological polar surface area (TPSA) is 58.6 Å². The second kappa shape index (κ2) is 4.17. The van der Waals surface area contributed by atoms with Crippen molar-refractivity contribution >= 4 is 6.09 Å². The Hall–Kier alpha value is -0.770. The third kappa shape index (κ3) is 3.96. The van der Waals surface area contributed by atoms with Crippen LogP contribution in [-0.4, -0.2) is 28.9 Å². The quantitative estimate of drug-likeness (QED) is 0.674. The maximum Gasteiger partial charge on any atom is 0.407 e. The smallest absolute Gasteiger partial charge is 0.407 e. The first kappa shape index (κ1) is 11.3. The van der Waals surface area contributed by atoms with Crippen LogP contribution < -0.4 is 5.32 Å². The summed E-state index contributed by atoms with van der Waals surface area (Å²) in [6.45, 7) is 5.49. The van der Waals surface area contributed by atoms with E-state index >= 15 is 0 Å². The Morgan fingerprint density at radius 3 is 2.50 bits per heavy atom. The van der Waals surface area contributed by atoms with Crippen molar-refractivity contribution < 1.29 is 14.6 Å². The molecule has 1 aliphatic carbocycles. The zero-order valence-corrected chi connectivity index (χ0v) is 9.04. The van der Waals surface area contributed by atoms with Gasteiger partial charge in [-0.1, -0.05) is 0 Å². The molecule has 0 aromatic rings. The van der Waals surface area contributed by atoms with E-state index in [-0.39, 0.29) is 12.1 Å². The predicted octanol–water partition coefficient (Wildman–Crippen LogP) is 1.42. The lowest BCUT2D eigenvalue weighted by Crippen LogP contribution is -2.38. The molecule has 0 radical (unpaired) electrons. The van der Waals surface area contributed by atoms with Gasteiger partial charge in [-0.3, -0.25) is 0 Å². The number of nitrogens with one attached hydrogen (secondary N) is 1. The van der Waals surface area contributed by atoms with Crippen LogP contribution in [0.3, 0.4) is 0 Å². The predicted molar refractivity (Wildman–Crippen MR) is 53.0 cm³/mol. The zero-order valence-electron chi connectivity index (χ0n) is 9.04. The lowest BCUT2D eigenvalue weighted by Gasteiger charge is -2.21. The fraction of sp³-hybridized carbons (Fsp3) is 0.900. The Morgan fingerprint density at radius 2 is 2.07 bits per heavy atom. The number of hydrogen-bond donors (Lipinski definition) is 2. The van der Waals surface area contributed by atoms with Crippen molar-refractivity contribution in [3.63, 3.8) is 0 Å². The third-order valence-corrected chi connectivity index (χ3v) is 2.13. The van der Waals surface area contributed by atoms with Crippen molar-refractivity contribution in [2.45, 2.75) is 57.8 Å². The van der Waals surface area contributed by atoms with Crippen molar-refractivity contribution in [2.24, 2.45) is 0 Å². The number of carbonyl (C=O) groups is 1. The first-order valence-corrected chi connectivity index (χ1v) is 5.04. The molecular weight excluding hydrogens is 182 g/mol. The van der Waals surface area contributed by atoms with Gasteiger partial charge >= 0.3 is 6.09 Å². The molecular formula is C10H19NO3. The monoisotopic (exact) mass is 201 g/mol. The van der Waals surface area contributed by atoms with Crippen molar-refractivity contribution in [3.8, 4) is 0 Å². The Kier molecular flexibility index (Phi) is 3.37. The van der Waals surface area contributed by atoms with Gasteiger partial charge in [-0.2, -0.15) is 0 Å². The summed E-state index contributed by atoms with van der Waals surface area (Å²) in [5.41, 5.74) is -0.457. The summed E-state index contributed by atoms with van der Waals surface area (Å²) < 4.78 is 5.10. The molecule has 1 aliphatic rings. The highest BCUT2D eigenvalue weighted by molar-refractivity contribution is 5.68. The summed E-state index contributed by atoms with van der Waals surface area (Å²) in [5, 5.41) is 12.0. The molecule has 0 spiro atoms. The summed E-state index contributed by atoms with van der Waals surface area (Å²) in [7, 11) is 0. The van der Waals surface area contributed by atoms with Crippen molar-refractivity contribution in [1.29, 1.82) is 0 Å². The maximum absolute atomic E-state index is 11.3. The van der Waals surface area contributed by atoms with Crippen molar-refractivity contribution in [1.82, 2.24) is 5.32 Å². The summed E-state index contributed by atoms with van der Waals surface area (Å²) in [4.78, 5) is 11.3. The lowest BCUT2D eigenvalue weighted by molar-refractivity contribution is 0.0502. The Morgan fingerprint density at radius 1 is 1.43 bits per heavy atom. The van der Waals surface area contributed by atoms with Crippen LogP contribution in [0.2, 0.25) is 0 Å². The van der Waals surface area contributed by atoms with E-state index in [9.17, 15) is 9.90 Å². The molecule has 0 saturated heterocycles. The molecule has 1 saturated carbocycles. The van der Waals surface area contributed by atoms with E-state index in [4.69, 9.17) is 4.74 Å². The molecule has 82 valence electrons. The number of aliphatic hydroxyl groups excluding tert-OH is 1. The number of amides is 1. The molecule has 1 fully saturated rings. The van der Waals surface area contributed by atoms with Crippen LogP contribution in [0.4, 0.5) is 4.79 Å². The van der Waals surface area contributed by atoms with Crippen molar-refractivity contribution in [2.75, 3.05) is 0 Å². The normalized spacial score (nSPS) is 27.4. The summed E-state index contributed by atoms with van der Waals surface area (Å²) in [6.07, 6.45) is 1.58. The first-order chi connectivity index (χ1) is 6.37. The van der Waals surface area contributed by atoms with Crippen LogP contribution in [-0.2, 0) is 4.74 Å². The molecule has 2 atom stereocenters. The van der Waals surface area contributed by atoms with Gasteiger partial charge < -0.3 is 15.2 Å². The highest BCUT2D eigenvalue weighted by Gasteiger charge is 2.26. The van der Waals surface area contributed by atoms with E-state index in [1.54, 1.807) is 0 Å². The number of hydrogen-bond acceptors (Lipinski definition) is 3. The van der Waals surface area contributed by atoms with Crippen molar-refractivity contribution in [3.05, 3.63) is 0 Å². The molecule has 0 heterocycles. The van der Waals surface area contributed by atoms with Crippen LogP contribution in [0.5, 0.6) is 0 Å². The van der Waals surface area contributed by atoms with Gasteiger partial charge in [0.2, 0.25) is 0 Å². The van der Waals surface area contributed by atoms with Crippen LogP contribution >= 0.6 is 0 Å². The second-order valence-electron chi connectivity index (χ2n) is 4.81. The number of ether oxygens (including phenoxy) is 1. The van der Waals surface area contributed by atoms with Gasteiger partial charge in [-0.15, -0.1) is 0 Å². The van der Waals surface area contributed by atoms with Crippen LogP contribution in [0.15, 0.2) is 0 Å². The number of carbonyl (C=O) groups excluding carboxylic acids is 1. The van der Waals surface area contributed by atoms with Gasteiger partial charge in [0.1, 0.15) is 5.60 Å². The fourth-order valence-electron chi connectivity index (χ4n) is 1.56. The van der Waals surface area contributed by atoms with Gasteiger partial charge in [0.05, 0.1) is 6.10 Å². The molecule has 0 aliphatic heterocycles. The van der Waals surface area contributed by atoms with E-state index in [2.05, 4.69) is 5.32 Å². The van der Waals surface area contributed by atoms with Gasteiger partial charge in [-0.25, -0.2) is 4.79 Å². The molecule has 4 nitrogen and oxygen atoms in total. The highest BCUT2D eigenvalue weighted by Crippen LogP contribution is 2.19. The summed E-state index contributed by atoms with van der Waals surface area (Å²) in [6, 6.07) is 0.0693. The van der Waals surface area contributed by atoms with Gasteiger partial charge in [0.15, 0.2) is 0 Å².